The van der Waals surface area contributed by atoms with Crippen LogP contribution in [0, 0.1) is 11.8 Å². The number of para-hydroxylation sites is 1. The van der Waals surface area contributed by atoms with E-state index in [-0.39, 0.29) is 11.8 Å². The number of rotatable bonds is 7. The highest BCUT2D eigenvalue weighted by Crippen LogP contribution is 2.37. The van der Waals surface area contributed by atoms with E-state index in [0.29, 0.717) is 24.2 Å². The molecule has 1 unspecified atom stereocenters. The third kappa shape index (κ3) is 4.57. The number of nitrogens with two attached hydrogens (primary N) is 1. The van der Waals surface area contributed by atoms with Crippen molar-refractivity contribution in [2.45, 2.75) is 32.0 Å². The van der Waals surface area contributed by atoms with Gasteiger partial charge >= 0.3 is 0 Å². The van der Waals surface area contributed by atoms with Crippen LogP contribution in [0.25, 0.3) is 11.3 Å². The van der Waals surface area contributed by atoms with Crippen LogP contribution in [0.2, 0.25) is 0 Å². The molecule has 4 atom stereocenters. The lowest BCUT2D eigenvalue weighted by molar-refractivity contribution is -0.133. The normalized spacial score (nSPS) is 23.9. The number of fused-ring (bicyclic) bond motifs is 3. The van der Waals surface area contributed by atoms with E-state index >= 15 is 0 Å². The van der Waals surface area contributed by atoms with Crippen LogP contribution in [0.4, 0.5) is 5.69 Å². The number of anilines is 1. The first-order valence-electron chi connectivity index (χ1n) is 11.5. The highest BCUT2D eigenvalue weighted by Gasteiger charge is 2.43. The summed E-state index contributed by atoms with van der Waals surface area (Å²) in [7, 11) is 1.65. The Morgan fingerprint density at radius 3 is 2.91 bits per heavy atom. The van der Waals surface area contributed by atoms with Crippen molar-refractivity contribution in [3.8, 4) is 17.0 Å². The van der Waals surface area contributed by atoms with Crippen molar-refractivity contribution in [3.63, 3.8) is 0 Å². The highest BCUT2D eigenvalue weighted by atomic mass is 16.5. The zero-order valence-corrected chi connectivity index (χ0v) is 18.9. The first kappa shape index (κ1) is 21.5. The standard InChI is InChI=1S/C25H30N6O2/c1-33-24-8-3-2-5-19(24)13-27-25(32)22-15-30-10-9-17(22)12-21(30)14-31-16-23(28-29-31)18-6-4-7-20(26)11-18/h2-8,11,16-17,21-22H,9-10,12-15,26H2,1H3,(H,27,32)/t17-,21+,22+/m0/s1. The number of piperidine rings is 3. The molecule has 3 saturated heterocycles. The largest absolute Gasteiger partial charge is 0.496 e. The number of carbonyl (C=O) groups is 1. The molecule has 8 heteroatoms. The summed E-state index contributed by atoms with van der Waals surface area (Å²) in [5.74, 6) is 1.37. The lowest BCUT2D eigenvalue weighted by Gasteiger charge is -2.49. The van der Waals surface area contributed by atoms with Gasteiger partial charge < -0.3 is 15.8 Å². The molecule has 33 heavy (non-hydrogen) atoms. The third-order valence-electron chi connectivity index (χ3n) is 6.98. The summed E-state index contributed by atoms with van der Waals surface area (Å²) >= 11 is 0. The van der Waals surface area contributed by atoms with E-state index in [1.165, 1.54) is 0 Å². The fourth-order valence-corrected chi connectivity index (χ4v) is 5.22. The first-order valence-corrected chi connectivity index (χ1v) is 11.5. The number of hydrogen-bond acceptors (Lipinski definition) is 6. The molecule has 4 heterocycles. The number of nitrogen functional groups attached to an aromatic ring is 1. The first-order chi connectivity index (χ1) is 16.1. The maximum atomic E-state index is 13.0. The smallest absolute Gasteiger partial charge is 0.224 e. The maximum Gasteiger partial charge on any atom is 0.224 e. The number of nitrogens with one attached hydrogen (secondary N) is 1. The fourth-order valence-electron chi connectivity index (χ4n) is 5.22. The Labute approximate surface area is 193 Å². The molecule has 3 aliphatic rings. The summed E-state index contributed by atoms with van der Waals surface area (Å²) in [6.07, 6.45) is 4.05. The van der Waals surface area contributed by atoms with Gasteiger partial charge in [-0.15, -0.1) is 5.10 Å². The molecule has 1 amide bonds. The van der Waals surface area contributed by atoms with Crippen LogP contribution in [-0.4, -0.2) is 52.0 Å². The number of benzene rings is 2. The minimum atomic E-state index is 0.0308. The van der Waals surface area contributed by atoms with Gasteiger partial charge in [-0.1, -0.05) is 35.5 Å². The van der Waals surface area contributed by atoms with Gasteiger partial charge in [0.2, 0.25) is 5.91 Å². The second-order valence-electron chi connectivity index (χ2n) is 9.02. The maximum absolute atomic E-state index is 13.0. The number of nitrogens with zero attached hydrogens (tertiary/aromatic N) is 4. The van der Waals surface area contributed by atoms with Crippen LogP contribution in [0.15, 0.2) is 54.7 Å². The number of aromatic nitrogens is 3. The summed E-state index contributed by atoms with van der Waals surface area (Å²) in [5.41, 5.74) is 9.41. The van der Waals surface area contributed by atoms with Crippen molar-refractivity contribution in [1.29, 1.82) is 0 Å². The molecule has 0 saturated carbocycles. The summed E-state index contributed by atoms with van der Waals surface area (Å²) < 4.78 is 7.32. The molecule has 0 aliphatic carbocycles. The van der Waals surface area contributed by atoms with Crippen LogP contribution in [0.3, 0.4) is 0 Å². The molecule has 1 aromatic heterocycles. The van der Waals surface area contributed by atoms with Crippen molar-refractivity contribution in [2.75, 3.05) is 25.9 Å². The Hall–Kier alpha value is -3.39. The molecule has 3 aliphatic heterocycles. The van der Waals surface area contributed by atoms with Gasteiger partial charge in [-0.3, -0.25) is 14.4 Å². The van der Waals surface area contributed by atoms with Crippen LogP contribution < -0.4 is 15.8 Å². The number of methoxy groups -OCH3 is 1. The van der Waals surface area contributed by atoms with Crippen LogP contribution in [0.1, 0.15) is 18.4 Å². The van der Waals surface area contributed by atoms with E-state index in [1.54, 1.807) is 7.11 Å². The molecule has 8 nitrogen and oxygen atoms in total. The number of ether oxygens (including phenoxy) is 1. The third-order valence-corrected chi connectivity index (χ3v) is 6.98. The van der Waals surface area contributed by atoms with Gasteiger partial charge in [0.1, 0.15) is 11.4 Å². The fraction of sp³-hybridized carbons (Fsp3) is 0.400. The minimum Gasteiger partial charge on any atom is -0.496 e. The van der Waals surface area contributed by atoms with E-state index in [4.69, 9.17) is 10.5 Å². The van der Waals surface area contributed by atoms with Gasteiger partial charge in [-0.2, -0.15) is 0 Å². The minimum absolute atomic E-state index is 0.0308. The second-order valence-corrected chi connectivity index (χ2v) is 9.02. The van der Waals surface area contributed by atoms with Gasteiger partial charge in [0.05, 0.1) is 25.8 Å². The van der Waals surface area contributed by atoms with Crippen molar-refractivity contribution in [1.82, 2.24) is 25.2 Å². The average Bonchev–Trinajstić information content (AvgIpc) is 3.31. The summed E-state index contributed by atoms with van der Waals surface area (Å²) in [6.45, 7) is 3.09. The Bertz CT molecular complexity index is 1130. The van der Waals surface area contributed by atoms with Gasteiger partial charge in [-0.25, -0.2) is 0 Å². The molecule has 172 valence electrons. The topological polar surface area (TPSA) is 98.3 Å². The molecule has 0 radical (unpaired) electrons. The average molecular weight is 447 g/mol. The molecular formula is C25H30N6O2. The monoisotopic (exact) mass is 446 g/mol. The quantitative estimate of drug-likeness (QED) is 0.542. The number of amides is 1. The molecule has 3 aromatic rings. The Kier molecular flexibility index (Phi) is 6.00. The Morgan fingerprint density at radius 1 is 1.24 bits per heavy atom. The Morgan fingerprint density at radius 2 is 2.12 bits per heavy atom. The van der Waals surface area contributed by atoms with Crippen LogP contribution in [-0.2, 0) is 17.9 Å². The number of hydrogen-bond donors (Lipinski definition) is 2. The van der Waals surface area contributed by atoms with E-state index < -0.39 is 0 Å². The Balaban J connectivity index is 1.19. The van der Waals surface area contributed by atoms with Crippen molar-refractivity contribution in [2.24, 2.45) is 11.8 Å². The van der Waals surface area contributed by atoms with E-state index in [2.05, 4.69) is 20.5 Å². The molecule has 3 fully saturated rings. The summed E-state index contributed by atoms with van der Waals surface area (Å²) in [5, 5.41) is 11.8. The zero-order valence-electron chi connectivity index (χ0n) is 18.9. The number of carbonyl (C=O) groups excluding carboxylic acids is 1. The van der Waals surface area contributed by atoms with Crippen molar-refractivity contribution >= 4 is 11.6 Å². The van der Waals surface area contributed by atoms with Crippen LogP contribution in [0.5, 0.6) is 5.75 Å². The highest BCUT2D eigenvalue weighted by molar-refractivity contribution is 5.79. The van der Waals surface area contributed by atoms with Gasteiger partial charge in [0.25, 0.3) is 0 Å². The molecular weight excluding hydrogens is 416 g/mol. The predicted octanol–water partition coefficient (Wildman–Crippen LogP) is 2.56. The molecule has 0 spiro atoms. The van der Waals surface area contributed by atoms with Crippen molar-refractivity contribution in [3.05, 3.63) is 60.3 Å². The lowest BCUT2D eigenvalue weighted by Crippen LogP contribution is -2.58. The van der Waals surface area contributed by atoms with Gasteiger partial charge in [0, 0.05) is 35.9 Å². The lowest BCUT2D eigenvalue weighted by atomic mass is 9.75. The summed E-state index contributed by atoms with van der Waals surface area (Å²) in [4.78, 5) is 15.4. The molecule has 2 aromatic carbocycles. The van der Waals surface area contributed by atoms with E-state index in [1.807, 2.05) is 59.4 Å². The van der Waals surface area contributed by atoms with Gasteiger partial charge in [-0.05, 0) is 43.5 Å². The van der Waals surface area contributed by atoms with Crippen molar-refractivity contribution < 1.29 is 9.53 Å². The molecule has 2 bridgehead atoms. The van der Waals surface area contributed by atoms with Crippen LogP contribution >= 0.6 is 0 Å². The predicted molar refractivity (Wildman–Crippen MR) is 126 cm³/mol. The zero-order chi connectivity index (χ0) is 22.8. The summed E-state index contributed by atoms with van der Waals surface area (Å²) in [6, 6.07) is 15.9. The molecule has 6 rings (SSSR count). The second kappa shape index (κ2) is 9.23. The SMILES string of the molecule is COc1ccccc1CNC(=O)[C@@H]1CN2CC[C@H]1C[C@@H]2Cn1cc(-c2cccc(N)c2)nn1. The molecule has 3 N–H and O–H groups in total. The van der Waals surface area contributed by atoms with Gasteiger partial charge in [0.15, 0.2) is 0 Å². The van der Waals surface area contributed by atoms with E-state index in [0.717, 1.165) is 55.0 Å². The van der Waals surface area contributed by atoms with E-state index in [9.17, 15) is 4.79 Å².